The first kappa shape index (κ1) is 14.2. The largest absolute Gasteiger partial charge is 0.394 e. The van der Waals surface area contributed by atoms with Gasteiger partial charge in [-0.15, -0.1) is 0 Å². The Balaban J connectivity index is 1.96. The van der Waals surface area contributed by atoms with Crippen LogP contribution in [0.5, 0.6) is 0 Å². The maximum atomic E-state index is 11.4. The smallest absolute Gasteiger partial charge is 0.320 e. The van der Waals surface area contributed by atoms with Gasteiger partial charge < -0.3 is 35.0 Å². The highest BCUT2D eigenvalue weighted by atomic mass is 16.6. The number of aliphatic hydroxyl groups is 4. The second kappa shape index (κ2) is 5.24. The van der Waals surface area contributed by atoms with E-state index in [0.717, 1.165) is 0 Å². The van der Waals surface area contributed by atoms with Gasteiger partial charge in [-0.1, -0.05) is 0 Å². The fourth-order valence-corrected chi connectivity index (χ4v) is 2.55. The number of carbonyl (C=O) groups is 1. The summed E-state index contributed by atoms with van der Waals surface area (Å²) in [7, 11) is 0. The fourth-order valence-electron chi connectivity index (χ4n) is 2.55. The molecule has 1 aromatic rings. The van der Waals surface area contributed by atoms with Crippen molar-refractivity contribution in [2.24, 2.45) is 0 Å². The lowest BCUT2D eigenvalue weighted by Crippen LogP contribution is -2.33. The molecule has 2 aliphatic heterocycles. The van der Waals surface area contributed by atoms with Crippen LogP contribution < -0.4 is 10.6 Å². The van der Waals surface area contributed by atoms with E-state index in [1.807, 2.05) is 0 Å². The van der Waals surface area contributed by atoms with Crippen LogP contribution in [0.2, 0.25) is 0 Å². The van der Waals surface area contributed by atoms with Crippen molar-refractivity contribution in [3.05, 3.63) is 12.0 Å². The van der Waals surface area contributed by atoms with Crippen LogP contribution in [0.25, 0.3) is 0 Å². The number of carbonyl (C=O) groups excluding carboxylic acids is 1. The van der Waals surface area contributed by atoms with Crippen LogP contribution in [0.1, 0.15) is 18.0 Å². The molecule has 21 heavy (non-hydrogen) atoms. The second-order valence-corrected chi connectivity index (χ2v) is 4.97. The number of imidazole rings is 1. The van der Waals surface area contributed by atoms with E-state index in [1.54, 1.807) is 0 Å². The minimum atomic E-state index is -1.29. The van der Waals surface area contributed by atoms with E-state index in [2.05, 4.69) is 15.6 Å². The maximum Gasteiger partial charge on any atom is 0.320 e. The molecule has 2 aliphatic rings. The molecule has 0 spiro atoms. The summed E-state index contributed by atoms with van der Waals surface area (Å²) in [6.07, 6.45) is -4.26. The van der Waals surface area contributed by atoms with Gasteiger partial charge in [0, 0.05) is 0 Å². The highest BCUT2D eigenvalue weighted by molar-refractivity contribution is 5.89. The Labute approximate surface area is 119 Å². The van der Waals surface area contributed by atoms with Gasteiger partial charge >= 0.3 is 6.03 Å². The molecule has 3 heterocycles. The number of anilines is 1. The summed E-state index contributed by atoms with van der Waals surface area (Å²) in [6.45, 7) is -0.480. The average Bonchev–Trinajstić information content (AvgIpc) is 2.95. The Morgan fingerprint density at radius 2 is 2.14 bits per heavy atom. The lowest BCUT2D eigenvalue weighted by molar-refractivity contribution is -0.0560. The van der Waals surface area contributed by atoms with Crippen molar-refractivity contribution in [3.63, 3.8) is 0 Å². The van der Waals surface area contributed by atoms with E-state index in [9.17, 15) is 20.1 Å². The average molecular weight is 300 g/mol. The van der Waals surface area contributed by atoms with E-state index in [0.29, 0.717) is 0 Å². The zero-order valence-electron chi connectivity index (χ0n) is 10.9. The van der Waals surface area contributed by atoms with Crippen molar-refractivity contribution in [3.8, 4) is 0 Å². The van der Waals surface area contributed by atoms with Gasteiger partial charge in [-0.2, -0.15) is 0 Å². The van der Waals surface area contributed by atoms with Crippen LogP contribution in [0.4, 0.5) is 10.6 Å². The third-order valence-electron chi connectivity index (χ3n) is 3.63. The number of nitrogens with zero attached hydrogens (tertiary/aromatic N) is 2. The molecule has 1 unspecified atom stereocenters. The van der Waals surface area contributed by atoms with E-state index in [-0.39, 0.29) is 18.1 Å². The second-order valence-electron chi connectivity index (χ2n) is 4.97. The molecule has 1 fully saturated rings. The van der Waals surface area contributed by atoms with Gasteiger partial charge in [0.1, 0.15) is 24.4 Å². The molecule has 5 atom stereocenters. The molecule has 0 bridgehead atoms. The van der Waals surface area contributed by atoms with Crippen LogP contribution >= 0.6 is 0 Å². The first-order chi connectivity index (χ1) is 10.0. The molecule has 1 saturated heterocycles. The standard InChI is InChI=1S/C11H16N4O6/c16-2-5-7(18)8(19)10(21-5)15-3-13-9-6(15)4(17)1-12-11(20)14-9/h3-5,7-8,10,16-19H,1-2H2,(H2,12,14,20)/t4?,5-,7-,8-,10-/m1/s1. The number of rotatable bonds is 2. The molecular formula is C11H16N4O6. The van der Waals surface area contributed by atoms with Crippen LogP contribution in [0.15, 0.2) is 6.33 Å². The molecule has 0 aromatic carbocycles. The summed E-state index contributed by atoms with van der Waals surface area (Å²) in [5.41, 5.74) is 0.253. The van der Waals surface area contributed by atoms with Gasteiger partial charge in [-0.05, 0) is 0 Å². The van der Waals surface area contributed by atoms with Crippen LogP contribution in [-0.2, 0) is 4.74 Å². The Bertz CT molecular complexity index is 549. The van der Waals surface area contributed by atoms with Gasteiger partial charge in [-0.25, -0.2) is 9.78 Å². The zero-order valence-corrected chi connectivity index (χ0v) is 10.9. The third kappa shape index (κ3) is 2.26. The normalized spacial score (nSPS) is 35.8. The summed E-state index contributed by atoms with van der Waals surface area (Å²) < 4.78 is 6.73. The molecule has 0 aliphatic carbocycles. The Morgan fingerprint density at radius 3 is 2.81 bits per heavy atom. The Morgan fingerprint density at radius 1 is 1.38 bits per heavy atom. The molecule has 116 valence electrons. The van der Waals surface area contributed by atoms with Gasteiger partial charge in [0.15, 0.2) is 12.0 Å². The Kier molecular flexibility index (Phi) is 3.55. The third-order valence-corrected chi connectivity index (χ3v) is 3.63. The van der Waals surface area contributed by atoms with E-state index in [1.165, 1.54) is 10.9 Å². The van der Waals surface area contributed by atoms with Gasteiger partial charge in [0.25, 0.3) is 0 Å². The first-order valence-electron chi connectivity index (χ1n) is 6.45. The van der Waals surface area contributed by atoms with E-state index < -0.39 is 43.3 Å². The summed E-state index contributed by atoms with van der Waals surface area (Å²) in [6, 6.07) is -0.501. The highest BCUT2D eigenvalue weighted by Crippen LogP contribution is 2.34. The molecule has 10 heteroatoms. The monoisotopic (exact) mass is 300 g/mol. The Hall–Kier alpha value is -1.72. The predicted molar refractivity (Wildman–Crippen MR) is 67.2 cm³/mol. The summed E-state index contributed by atoms with van der Waals surface area (Å²) in [5.74, 6) is 0.148. The molecule has 6 N–H and O–H groups in total. The quantitative estimate of drug-likeness (QED) is 0.358. The van der Waals surface area contributed by atoms with Crippen molar-refractivity contribution >= 4 is 11.8 Å². The number of nitrogens with one attached hydrogen (secondary N) is 2. The number of urea groups is 1. The minimum Gasteiger partial charge on any atom is -0.394 e. The first-order valence-corrected chi connectivity index (χ1v) is 6.45. The summed E-state index contributed by atoms with van der Waals surface area (Å²) in [4.78, 5) is 15.4. The summed E-state index contributed by atoms with van der Waals surface area (Å²) in [5, 5.41) is 43.9. The van der Waals surface area contributed by atoms with Crippen molar-refractivity contribution < 1.29 is 30.0 Å². The number of β-amino-alcohol motifs (C(OH)–C–C–N with tert-alkyl or cyclic N) is 1. The number of aliphatic hydroxyl groups excluding tert-OH is 4. The van der Waals surface area contributed by atoms with Gasteiger partial charge in [-0.3, -0.25) is 5.32 Å². The number of fused-ring (bicyclic) bond motifs is 1. The van der Waals surface area contributed by atoms with Gasteiger partial charge in [0.2, 0.25) is 0 Å². The van der Waals surface area contributed by atoms with Gasteiger partial charge in [0.05, 0.1) is 25.2 Å². The molecule has 2 amide bonds. The number of amides is 2. The molecule has 3 rings (SSSR count). The van der Waals surface area contributed by atoms with Crippen molar-refractivity contribution in [1.82, 2.24) is 14.9 Å². The minimum absolute atomic E-state index is 0.0284. The van der Waals surface area contributed by atoms with Crippen LogP contribution in [0, 0.1) is 0 Å². The SMILES string of the molecule is O=C1NCC(O)c2c(ncn2[C@@H]2O[C@H](CO)[C@@H](O)[C@H]2O)N1. The number of hydrogen-bond donors (Lipinski definition) is 6. The van der Waals surface area contributed by atoms with Crippen molar-refractivity contribution in [2.45, 2.75) is 30.6 Å². The molecule has 1 aromatic heterocycles. The molecule has 10 nitrogen and oxygen atoms in total. The van der Waals surface area contributed by atoms with E-state index >= 15 is 0 Å². The summed E-state index contributed by atoms with van der Waals surface area (Å²) >= 11 is 0. The lowest BCUT2D eigenvalue weighted by atomic mass is 10.1. The van der Waals surface area contributed by atoms with Crippen molar-refractivity contribution in [1.29, 1.82) is 0 Å². The fraction of sp³-hybridized carbons (Fsp3) is 0.636. The zero-order chi connectivity index (χ0) is 15.1. The lowest BCUT2D eigenvalue weighted by Gasteiger charge is -2.20. The van der Waals surface area contributed by atoms with E-state index in [4.69, 9.17) is 9.84 Å². The number of hydrogen-bond acceptors (Lipinski definition) is 7. The predicted octanol–water partition coefficient (Wildman–Crippen LogP) is -2.34. The van der Waals surface area contributed by atoms with Crippen LogP contribution in [-0.4, -0.2) is 67.5 Å². The maximum absolute atomic E-state index is 11.4. The molecule has 0 saturated carbocycles. The van der Waals surface area contributed by atoms with Crippen LogP contribution in [0.3, 0.4) is 0 Å². The highest BCUT2D eigenvalue weighted by Gasteiger charge is 2.45. The topological polar surface area (TPSA) is 149 Å². The number of aromatic nitrogens is 2. The number of ether oxygens (including phenoxy) is 1. The molecular weight excluding hydrogens is 284 g/mol. The molecule has 0 radical (unpaired) electrons. The van der Waals surface area contributed by atoms with Crippen molar-refractivity contribution in [2.75, 3.05) is 18.5 Å².